The van der Waals surface area contributed by atoms with Crippen LogP contribution in [0.2, 0.25) is 4.34 Å². The number of nitrogens with zero attached hydrogens (tertiary/aromatic N) is 3. The molecule has 102 valence electrons. The number of esters is 1. The highest BCUT2D eigenvalue weighted by Gasteiger charge is 2.15. The van der Waals surface area contributed by atoms with Crippen molar-refractivity contribution in [2.75, 3.05) is 6.61 Å². The number of hydrogen-bond acceptors (Lipinski definition) is 5. The van der Waals surface area contributed by atoms with Gasteiger partial charge in [-0.25, -0.2) is 14.8 Å². The number of carbonyl (C=O) groups excluding carboxylic acids is 1. The molecule has 0 fully saturated rings. The van der Waals surface area contributed by atoms with E-state index in [1.54, 1.807) is 23.7 Å². The zero-order valence-electron chi connectivity index (χ0n) is 10.5. The quantitative estimate of drug-likeness (QED) is 0.697. The van der Waals surface area contributed by atoms with Gasteiger partial charge in [0.25, 0.3) is 0 Å². The molecule has 0 spiro atoms. The van der Waals surface area contributed by atoms with Gasteiger partial charge in [0, 0.05) is 12.4 Å². The zero-order chi connectivity index (χ0) is 14.1. The first-order valence-corrected chi connectivity index (χ1v) is 7.15. The van der Waals surface area contributed by atoms with Crippen LogP contribution in [0.3, 0.4) is 0 Å². The van der Waals surface area contributed by atoms with Crippen LogP contribution in [-0.2, 0) is 4.74 Å². The van der Waals surface area contributed by atoms with Crippen molar-refractivity contribution in [3.8, 4) is 10.6 Å². The Morgan fingerprint density at radius 2 is 2.30 bits per heavy atom. The summed E-state index contributed by atoms with van der Waals surface area (Å²) in [5.41, 5.74) is 1.13. The van der Waals surface area contributed by atoms with Crippen LogP contribution in [0.5, 0.6) is 0 Å². The number of thiophene rings is 1. The van der Waals surface area contributed by atoms with E-state index in [1.165, 1.54) is 11.3 Å². The molecular weight excluding hydrogens is 298 g/mol. The fourth-order valence-electron chi connectivity index (χ4n) is 1.85. The average Bonchev–Trinajstić information content (AvgIpc) is 3.04. The molecule has 0 N–H and O–H groups in total. The Hall–Kier alpha value is -1.92. The van der Waals surface area contributed by atoms with Crippen LogP contribution in [0.15, 0.2) is 30.6 Å². The highest BCUT2D eigenvalue weighted by molar-refractivity contribution is 7.19. The van der Waals surface area contributed by atoms with Gasteiger partial charge in [-0.3, -0.25) is 4.40 Å². The number of hydrogen-bond donors (Lipinski definition) is 0. The molecule has 7 heteroatoms. The van der Waals surface area contributed by atoms with Gasteiger partial charge >= 0.3 is 5.97 Å². The predicted octanol–water partition coefficient (Wildman–Crippen LogP) is 3.29. The van der Waals surface area contributed by atoms with Crippen molar-refractivity contribution in [3.05, 3.63) is 40.6 Å². The lowest BCUT2D eigenvalue weighted by atomic mass is 10.3. The normalized spacial score (nSPS) is 10.9. The summed E-state index contributed by atoms with van der Waals surface area (Å²) in [5, 5.41) is 0. The maximum atomic E-state index is 11.7. The third-order valence-corrected chi connectivity index (χ3v) is 3.93. The van der Waals surface area contributed by atoms with Crippen molar-refractivity contribution >= 4 is 34.7 Å². The second-order valence-corrected chi connectivity index (χ2v) is 5.67. The van der Waals surface area contributed by atoms with Gasteiger partial charge in [0.15, 0.2) is 5.69 Å². The van der Waals surface area contributed by atoms with Crippen LogP contribution < -0.4 is 0 Å². The molecule has 0 aliphatic carbocycles. The van der Waals surface area contributed by atoms with Gasteiger partial charge in [-0.05, 0) is 25.1 Å². The van der Waals surface area contributed by atoms with Crippen LogP contribution in [0.4, 0.5) is 0 Å². The average molecular weight is 308 g/mol. The molecule has 0 aliphatic heterocycles. The molecule has 0 saturated heterocycles. The van der Waals surface area contributed by atoms with Crippen molar-refractivity contribution < 1.29 is 9.53 Å². The summed E-state index contributed by atoms with van der Waals surface area (Å²) >= 11 is 7.42. The smallest absolute Gasteiger partial charge is 0.358 e. The van der Waals surface area contributed by atoms with E-state index in [0.717, 1.165) is 10.6 Å². The summed E-state index contributed by atoms with van der Waals surface area (Å²) < 4.78 is 7.41. The molecule has 3 rings (SSSR count). The lowest BCUT2D eigenvalue weighted by molar-refractivity contribution is 0.0520. The molecule has 5 nitrogen and oxygen atoms in total. The minimum absolute atomic E-state index is 0.245. The molecule has 0 bridgehead atoms. The first-order valence-electron chi connectivity index (χ1n) is 5.96. The number of fused-ring (bicyclic) bond motifs is 1. The molecule has 3 aromatic rings. The fraction of sp³-hybridized carbons (Fsp3) is 0.154. The molecule has 20 heavy (non-hydrogen) atoms. The summed E-state index contributed by atoms with van der Waals surface area (Å²) in [5.74, 6) is 0.00300. The Kier molecular flexibility index (Phi) is 3.42. The first-order chi connectivity index (χ1) is 9.69. The Bertz CT molecular complexity index is 781. The molecule has 3 aromatic heterocycles. The van der Waals surface area contributed by atoms with Crippen molar-refractivity contribution in [1.82, 2.24) is 14.4 Å². The molecule has 3 heterocycles. The van der Waals surface area contributed by atoms with Crippen molar-refractivity contribution in [3.63, 3.8) is 0 Å². The number of rotatable bonds is 3. The van der Waals surface area contributed by atoms with E-state index in [1.807, 2.05) is 18.2 Å². The number of ether oxygens (including phenoxy) is 1. The molecule has 0 aromatic carbocycles. The lowest BCUT2D eigenvalue weighted by Gasteiger charge is -2.00. The van der Waals surface area contributed by atoms with E-state index >= 15 is 0 Å². The minimum atomic E-state index is -0.451. The number of carbonyl (C=O) groups is 1. The maximum Gasteiger partial charge on any atom is 0.358 e. The minimum Gasteiger partial charge on any atom is -0.461 e. The third-order valence-electron chi connectivity index (χ3n) is 2.68. The summed E-state index contributed by atoms with van der Waals surface area (Å²) in [6, 6.07) is 5.61. The number of halogens is 1. The molecular formula is C13H10ClN3O2S. The Labute approximate surface area is 123 Å². The van der Waals surface area contributed by atoms with E-state index in [2.05, 4.69) is 9.97 Å². The summed E-state index contributed by atoms with van der Waals surface area (Å²) in [6.45, 7) is 2.07. The first kappa shape index (κ1) is 13.1. The molecule has 0 radical (unpaired) electrons. The standard InChI is InChI=1S/C13H10ClN3O2S/c1-2-19-12(18)8-7-17-9(5-6-15-13(17)16-8)10-3-4-11(14)20-10/h3-7H,2H2,1H3. The van der Waals surface area contributed by atoms with Gasteiger partial charge < -0.3 is 4.74 Å². The Balaban J connectivity index is 2.12. The van der Waals surface area contributed by atoms with Crippen molar-refractivity contribution in [2.45, 2.75) is 6.92 Å². The molecule has 0 atom stereocenters. The predicted molar refractivity (Wildman–Crippen MR) is 77.3 cm³/mol. The molecule has 0 saturated carbocycles. The van der Waals surface area contributed by atoms with E-state index in [0.29, 0.717) is 16.7 Å². The number of aromatic nitrogens is 3. The molecule has 0 amide bonds. The van der Waals surface area contributed by atoms with Gasteiger partial charge in [0.05, 0.1) is 21.5 Å². The second kappa shape index (κ2) is 5.22. The summed E-state index contributed by atoms with van der Waals surface area (Å²) in [6.07, 6.45) is 3.28. The van der Waals surface area contributed by atoms with Gasteiger partial charge in [0.1, 0.15) is 0 Å². The Morgan fingerprint density at radius 1 is 1.45 bits per heavy atom. The van der Waals surface area contributed by atoms with Crippen molar-refractivity contribution in [2.24, 2.45) is 0 Å². The van der Waals surface area contributed by atoms with Crippen LogP contribution in [0, 0.1) is 0 Å². The lowest BCUT2D eigenvalue weighted by Crippen LogP contribution is -2.04. The highest BCUT2D eigenvalue weighted by Crippen LogP contribution is 2.31. The Morgan fingerprint density at radius 3 is 3.00 bits per heavy atom. The van der Waals surface area contributed by atoms with Crippen LogP contribution >= 0.6 is 22.9 Å². The van der Waals surface area contributed by atoms with Crippen LogP contribution in [-0.4, -0.2) is 26.9 Å². The van der Waals surface area contributed by atoms with Gasteiger partial charge in [-0.2, -0.15) is 0 Å². The summed E-state index contributed by atoms with van der Waals surface area (Å²) in [4.78, 5) is 21.0. The van der Waals surface area contributed by atoms with E-state index < -0.39 is 5.97 Å². The van der Waals surface area contributed by atoms with Gasteiger partial charge in [0.2, 0.25) is 5.78 Å². The van der Waals surface area contributed by atoms with E-state index in [-0.39, 0.29) is 5.69 Å². The third kappa shape index (κ3) is 2.28. The highest BCUT2D eigenvalue weighted by atomic mass is 35.5. The van der Waals surface area contributed by atoms with Gasteiger partial charge in [-0.1, -0.05) is 11.6 Å². The zero-order valence-corrected chi connectivity index (χ0v) is 12.1. The van der Waals surface area contributed by atoms with Crippen LogP contribution in [0.25, 0.3) is 16.3 Å². The molecule has 0 unspecified atom stereocenters. The fourth-order valence-corrected chi connectivity index (χ4v) is 2.92. The largest absolute Gasteiger partial charge is 0.461 e. The second-order valence-electron chi connectivity index (χ2n) is 3.95. The topological polar surface area (TPSA) is 56.5 Å². The maximum absolute atomic E-state index is 11.7. The van der Waals surface area contributed by atoms with E-state index in [4.69, 9.17) is 16.3 Å². The SMILES string of the molecule is CCOC(=O)c1cn2c(-c3ccc(Cl)s3)ccnc2n1. The number of imidazole rings is 1. The monoisotopic (exact) mass is 307 g/mol. The van der Waals surface area contributed by atoms with E-state index in [9.17, 15) is 4.79 Å². The van der Waals surface area contributed by atoms with Crippen molar-refractivity contribution in [1.29, 1.82) is 0 Å². The molecule has 0 aliphatic rings. The van der Waals surface area contributed by atoms with Crippen LogP contribution in [0.1, 0.15) is 17.4 Å². The summed E-state index contributed by atoms with van der Waals surface area (Å²) in [7, 11) is 0. The van der Waals surface area contributed by atoms with Gasteiger partial charge in [-0.15, -0.1) is 11.3 Å².